The second kappa shape index (κ2) is 6.24. The van der Waals surface area contributed by atoms with E-state index in [0.29, 0.717) is 0 Å². The number of hydrogen-bond acceptors (Lipinski definition) is 5. The number of urea groups is 1. The smallest absolute Gasteiger partial charge is 0.327 e. The van der Waals surface area contributed by atoms with E-state index in [1.807, 2.05) is 0 Å². The molecule has 0 spiro atoms. The lowest BCUT2D eigenvalue weighted by Gasteiger charge is -2.13. The van der Waals surface area contributed by atoms with Gasteiger partial charge in [-0.1, -0.05) is 0 Å². The lowest BCUT2D eigenvalue weighted by atomic mass is 10.3. The highest BCUT2D eigenvalue weighted by molar-refractivity contribution is 7.99. The number of carbonyl (C=O) groups is 4. The highest BCUT2D eigenvalue weighted by Crippen LogP contribution is 2.08. The summed E-state index contributed by atoms with van der Waals surface area (Å²) >= 11 is 1.16. The maximum absolute atomic E-state index is 11.2. The Bertz CT molecular complexity index is 386. The molecule has 1 rings (SSSR count). The largest absolute Gasteiger partial charge is 0.480 e. The van der Waals surface area contributed by atoms with Gasteiger partial charge in [-0.3, -0.25) is 14.9 Å². The van der Waals surface area contributed by atoms with E-state index in [0.717, 1.165) is 11.8 Å². The Morgan fingerprint density at radius 1 is 1.50 bits per heavy atom. The van der Waals surface area contributed by atoms with Crippen LogP contribution in [0.5, 0.6) is 0 Å². The Morgan fingerprint density at radius 3 is 2.61 bits per heavy atom. The van der Waals surface area contributed by atoms with Gasteiger partial charge in [0.05, 0.1) is 0 Å². The molecule has 4 amide bonds. The number of nitrogens with one attached hydrogen (secondary N) is 3. The van der Waals surface area contributed by atoms with E-state index in [1.54, 1.807) is 0 Å². The van der Waals surface area contributed by atoms with Crippen molar-refractivity contribution >= 4 is 35.6 Å². The Balaban J connectivity index is 2.35. The van der Waals surface area contributed by atoms with Crippen LogP contribution in [0.2, 0.25) is 0 Å². The number of rotatable bonds is 6. The van der Waals surface area contributed by atoms with E-state index < -0.39 is 35.9 Å². The molecule has 2 unspecified atom stereocenters. The summed E-state index contributed by atoms with van der Waals surface area (Å²) in [5.41, 5.74) is 0. The Kier molecular flexibility index (Phi) is 4.95. The Morgan fingerprint density at radius 2 is 2.17 bits per heavy atom. The van der Waals surface area contributed by atoms with Crippen LogP contribution in [0.15, 0.2) is 0 Å². The Hall–Kier alpha value is -1.77. The van der Waals surface area contributed by atoms with E-state index in [-0.39, 0.29) is 11.5 Å². The van der Waals surface area contributed by atoms with Crippen LogP contribution in [0.25, 0.3) is 0 Å². The highest BCUT2D eigenvalue weighted by atomic mass is 32.2. The molecule has 4 N–H and O–H groups in total. The van der Waals surface area contributed by atoms with Gasteiger partial charge in [0.2, 0.25) is 5.91 Å². The van der Waals surface area contributed by atoms with Crippen molar-refractivity contribution in [1.82, 2.24) is 16.0 Å². The fraction of sp³-hybridized carbons (Fsp3) is 0.556. The molecular weight excluding hydrogens is 262 g/mol. The van der Waals surface area contributed by atoms with Crippen LogP contribution in [0.3, 0.4) is 0 Å². The molecule has 8 nitrogen and oxygen atoms in total. The minimum Gasteiger partial charge on any atom is -0.480 e. The normalized spacial score (nSPS) is 19.9. The van der Waals surface area contributed by atoms with Crippen LogP contribution in [0.4, 0.5) is 4.79 Å². The molecule has 9 heteroatoms. The zero-order chi connectivity index (χ0) is 13.7. The summed E-state index contributed by atoms with van der Waals surface area (Å²) in [6.07, 6.45) is 0. The van der Waals surface area contributed by atoms with Crippen molar-refractivity contribution in [2.45, 2.75) is 19.0 Å². The minimum absolute atomic E-state index is 0.120. The molecule has 1 saturated heterocycles. The fourth-order valence-electron chi connectivity index (χ4n) is 1.30. The van der Waals surface area contributed by atoms with E-state index >= 15 is 0 Å². The van der Waals surface area contributed by atoms with E-state index in [4.69, 9.17) is 5.11 Å². The molecule has 0 aromatic rings. The van der Waals surface area contributed by atoms with E-state index in [2.05, 4.69) is 16.0 Å². The third-order valence-corrected chi connectivity index (χ3v) is 3.24. The number of carbonyl (C=O) groups excluding carboxylic acids is 3. The number of carboxylic acid groups (broad SMARTS) is 1. The van der Waals surface area contributed by atoms with Gasteiger partial charge in [0.15, 0.2) is 0 Å². The number of amides is 4. The second-order valence-electron chi connectivity index (χ2n) is 3.64. The molecule has 0 aromatic heterocycles. The van der Waals surface area contributed by atoms with Crippen molar-refractivity contribution in [3.05, 3.63) is 0 Å². The van der Waals surface area contributed by atoms with Gasteiger partial charge in [0, 0.05) is 18.4 Å². The van der Waals surface area contributed by atoms with Crippen LogP contribution >= 0.6 is 11.8 Å². The van der Waals surface area contributed by atoms with Crippen molar-refractivity contribution in [3.63, 3.8) is 0 Å². The van der Waals surface area contributed by atoms with Crippen molar-refractivity contribution in [2.24, 2.45) is 0 Å². The first-order chi connectivity index (χ1) is 8.40. The van der Waals surface area contributed by atoms with Gasteiger partial charge >= 0.3 is 12.0 Å². The maximum Gasteiger partial charge on any atom is 0.327 e. The number of carboxylic acids is 1. The lowest BCUT2D eigenvalue weighted by Crippen LogP contribution is -2.42. The summed E-state index contributed by atoms with van der Waals surface area (Å²) in [6, 6.07) is -2.22. The average molecular weight is 275 g/mol. The zero-order valence-electron chi connectivity index (χ0n) is 9.56. The van der Waals surface area contributed by atoms with Gasteiger partial charge in [0.1, 0.15) is 12.1 Å². The van der Waals surface area contributed by atoms with Gasteiger partial charge in [-0.15, -0.1) is 0 Å². The molecular formula is C9H13N3O5S. The van der Waals surface area contributed by atoms with Crippen LogP contribution in [0, 0.1) is 0 Å². The molecule has 1 heterocycles. The number of imide groups is 1. The molecule has 100 valence electrons. The summed E-state index contributed by atoms with van der Waals surface area (Å²) in [6.45, 7) is 1.23. The third-order valence-electron chi connectivity index (χ3n) is 2.10. The van der Waals surface area contributed by atoms with Crippen molar-refractivity contribution in [3.8, 4) is 0 Å². The van der Waals surface area contributed by atoms with Crippen LogP contribution in [0.1, 0.15) is 6.92 Å². The van der Waals surface area contributed by atoms with Crippen molar-refractivity contribution in [2.75, 3.05) is 11.5 Å². The number of aliphatic carboxylic acids is 1. The summed E-state index contributed by atoms with van der Waals surface area (Å²) in [5, 5.41) is 15.6. The monoisotopic (exact) mass is 275 g/mol. The first-order valence-corrected chi connectivity index (χ1v) is 6.24. The SMILES string of the molecule is CC(=O)NC(CSCC1NC(=O)NC1=O)C(=O)O. The summed E-state index contributed by atoms with van der Waals surface area (Å²) in [4.78, 5) is 43.6. The molecule has 0 aliphatic carbocycles. The summed E-state index contributed by atoms with van der Waals surface area (Å²) < 4.78 is 0. The number of hydrogen-bond donors (Lipinski definition) is 4. The van der Waals surface area contributed by atoms with Gasteiger partial charge < -0.3 is 15.7 Å². The van der Waals surface area contributed by atoms with Crippen LogP contribution in [-0.4, -0.2) is 52.5 Å². The predicted molar refractivity (Wildman–Crippen MR) is 63.0 cm³/mol. The summed E-state index contributed by atoms with van der Waals surface area (Å²) in [7, 11) is 0. The van der Waals surface area contributed by atoms with Crippen molar-refractivity contribution < 1.29 is 24.3 Å². The fourth-order valence-corrected chi connectivity index (χ4v) is 2.37. The average Bonchev–Trinajstić information content (AvgIpc) is 2.55. The molecule has 0 bridgehead atoms. The minimum atomic E-state index is -1.14. The van der Waals surface area contributed by atoms with E-state index in [1.165, 1.54) is 6.92 Å². The van der Waals surface area contributed by atoms with Crippen molar-refractivity contribution in [1.29, 1.82) is 0 Å². The highest BCUT2D eigenvalue weighted by Gasteiger charge is 2.29. The quantitative estimate of drug-likeness (QED) is 0.438. The van der Waals surface area contributed by atoms with Crippen LogP contribution < -0.4 is 16.0 Å². The van der Waals surface area contributed by atoms with E-state index in [9.17, 15) is 19.2 Å². The molecule has 0 aromatic carbocycles. The molecule has 18 heavy (non-hydrogen) atoms. The standard InChI is InChI=1S/C9H13N3O5S/c1-4(13)10-6(8(15)16)3-18-2-5-7(14)12-9(17)11-5/h5-6H,2-3H2,1H3,(H,10,13)(H,15,16)(H2,11,12,14,17). The lowest BCUT2D eigenvalue weighted by molar-refractivity contribution is -0.140. The molecule has 1 aliphatic rings. The molecule has 0 radical (unpaired) electrons. The molecule has 1 fully saturated rings. The summed E-state index contributed by atoms with van der Waals surface area (Å²) in [5.74, 6) is -1.64. The molecule has 1 aliphatic heterocycles. The zero-order valence-corrected chi connectivity index (χ0v) is 10.4. The first-order valence-electron chi connectivity index (χ1n) is 5.09. The first kappa shape index (κ1) is 14.3. The Labute approximate surface area is 107 Å². The molecule has 0 saturated carbocycles. The second-order valence-corrected chi connectivity index (χ2v) is 4.72. The number of thioether (sulfide) groups is 1. The van der Waals surface area contributed by atoms with Gasteiger partial charge in [-0.25, -0.2) is 9.59 Å². The maximum atomic E-state index is 11.2. The van der Waals surface area contributed by atoms with Gasteiger partial charge in [-0.05, 0) is 0 Å². The molecule has 2 atom stereocenters. The van der Waals surface area contributed by atoms with Gasteiger partial charge in [0.25, 0.3) is 5.91 Å². The predicted octanol–water partition coefficient (Wildman–Crippen LogP) is -1.48. The topological polar surface area (TPSA) is 125 Å². The van der Waals surface area contributed by atoms with Crippen LogP contribution in [-0.2, 0) is 14.4 Å². The third kappa shape index (κ3) is 4.24. The van der Waals surface area contributed by atoms with Gasteiger partial charge in [-0.2, -0.15) is 11.8 Å².